The summed E-state index contributed by atoms with van der Waals surface area (Å²) in [6.45, 7) is 6.47. The first-order chi connectivity index (χ1) is 12.6. The molecule has 0 aromatic carbocycles. The molecule has 4 aliphatic rings. The molecular weight excluding hydrogens is 332 g/mol. The van der Waals surface area contributed by atoms with Gasteiger partial charge >= 0.3 is 0 Å². The Morgan fingerprint density at radius 2 is 2.27 bits per heavy atom. The molecule has 1 aromatic rings. The van der Waals surface area contributed by atoms with Crippen LogP contribution in [0.4, 0.5) is 0 Å². The van der Waals surface area contributed by atoms with Crippen LogP contribution in [-0.4, -0.2) is 71.4 Å². The number of likely N-dealkylation sites (tertiary alicyclic amines) is 1. The number of aryl methyl sites for hydroxylation is 1. The summed E-state index contributed by atoms with van der Waals surface area (Å²) < 4.78 is 12.0. The molecule has 0 aliphatic carbocycles. The number of aromatic nitrogens is 2. The van der Waals surface area contributed by atoms with Gasteiger partial charge in [0.2, 0.25) is 0 Å². The molecule has 26 heavy (non-hydrogen) atoms. The van der Waals surface area contributed by atoms with Crippen molar-refractivity contribution in [1.82, 2.24) is 20.2 Å². The molecule has 2 bridgehead atoms. The summed E-state index contributed by atoms with van der Waals surface area (Å²) in [5, 5.41) is 3.11. The van der Waals surface area contributed by atoms with Gasteiger partial charge in [0.05, 0.1) is 17.9 Å². The van der Waals surface area contributed by atoms with Gasteiger partial charge in [0.25, 0.3) is 5.91 Å². The van der Waals surface area contributed by atoms with Crippen LogP contribution in [0, 0.1) is 18.8 Å². The molecule has 4 aliphatic heterocycles. The van der Waals surface area contributed by atoms with E-state index in [0.29, 0.717) is 36.2 Å². The van der Waals surface area contributed by atoms with Crippen LogP contribution in [0.1, 0.15) is 42.0 Å². The molecule has 4 atom stereocenters. The van der Waals surface area contributed by atoms with Gasteiger partial charge in [-0.1, -0.05) is 0 Å². The van der Waals surface area contributed by atoms with Crippen LogP contribution < -0.4 is 5.32 Å². The van der Waals surface area contributed by atoms with Gasteiger partial charge in [-0.25, -0.2) is 4.98 Å². The van der Waals surface area contributed by atoms with E-state index in [1.54, 1.807) is 6.20 Å². The number of aromatic amines is 1. The van der Waals surface area contributed by atoms with Gasteiger partial charge in [0, 0.05) is 50.7 Å². The summed E-state index contributed by atoms with van der Waals surface area (Å²) in [5.74, 6) is 1.65. The van der Waals surface area contributed by atoms with Crippen molar-refractivity contribution in [2.45, 2.75) is 50.4 Å². The van der Waals surface area contributed by atoms with Crippen LogP contribution in [0.25, 0.3) is 0 Å². The summed E-state index contributed by atoms with van der Waals surface area (Å²) in [4.78, 5) is 22.1. The molecular formula is C19H28N4O3. The molecule has 7 heteroatoms. The standard InChI is InChI=1S/C19H28N4O3/c1-12-20-9-16(22-12)18(24)21-8-14-15-10-23(13-3-6-25-7-4-13)11-19(15)5-2-17(14)26-19/h9,13-15,17H,2-8,10-11H2,1H3,(H,20,22)(H,21,24)/t14-,15+,17+,19+/m0/s1. The van der Waals surface area contributed by atoms with Gasteiger partial charge in [0.15, 0.2) is 0 Å². The zero-order chi connectivity index (χ0) is 17.7. The monoisotopic (exact) mass is 360 g/mol. The Kier molecular flexibility index (Phi) is 4.06. The Morgan fingerprint density at radius 1 is 1.42 bits per heavy atom. The third-order valence-corrected chi connectivity index (χ3v) is 6.96. The summed E-state index contributed by atoms with van der Waals surface area (Å²) >= 11 is 0. The number of fused-ring (bicyclic) bond motifs is 1. The molecule has 2 N–H and O–H groups in total. The van der Waals surface area contributed by atoms with E-state index in [0.717, 1.165) is 51.4 Å². The second-order valence-electron chi connectivity index (χ2n) is 8.40. The summed E-state index contributed by atoms with van der Waals surface area (Å²) in [7, 11) is 0. The van der Waals surface area contributed by atoms with Crippen molar-refractivity contribution in [3.8, 4) is 0 Å². The van der Waals surface area contributed by atoms with Crippen LogP contribution >= 0.6 is 0 Å². The van der Waals surface area contributed by atoms with Gasteiger partial charge in [0.1, 0.15) is 11.5 Å². The van der Waals surface area contributed by atoms with Crippen molar-refractivity contribution >= 4 is 5.91 Å². The first kappa shape index (κ1) is 16.7. The summed E-state index contributed by atoms with van der Waals surface area (Å²) in [6.07, 6.45) is 6.47. The van der Waals surface area contributed by atoms with Crippen LogP contribution in [-0.2, 0) is 9.47 Å². The zero-order valence-electron chi connectivity index (χ0n) is 15.4. The van der Waals surface area contributed by atoms with Gasteiger partial charge < -0.3 is 19.8 Å². The maximum Gasteiger partial charge on any atom is 0.269 e. The number of imidazole rings is 1. The number of carbonyl (C=O) groups excluding carboxylic acids is 1. The molecule has 5 heterocycles. The van der Waals surface area contributed by atoms with Crippen LogP contribution in [0.15, 0.2) is 6.20 Å². The molecule has 5 rings (SSSR count). The number of rotatable bonds is 4. The number of nitrogens with zero attached hydrogens (tertiary/aromatic N) is 2. The third-order valence-electron chi connectivity index (χ3n) is 6.96. The average Bonchev–Trinajstić information content (AvgIpc) is 3.40. The molecule has 1 amide bonds. The number of carbonyl (C=O) groups is 1. The normalized spacial score (nSPS) is 37.2. The van der Waals surface area contributed by atoms with Gasteiger partial charge in [-0.2, -0.15) is 0 Å². The van der Waals surface area contributed by atoms with Crippen molar-refractivity contribution < 1.29 is 14.3 Å². The van der Waals surface area contributed by atoms with Crippen molar-refractivity contribution in [3.05, 3.63) is 17.7 Å². The number of nitrogens with one attached hydrogen (secondary N) is 2. The van der Waals surface area contributed by atoms with E-state index in [1.165, 1.54) is 6.42 Å². The number of ether oxygens (including phenoxy) is 2. The predicted molar refractivity (Wildman–Crippen MR) is 94.9 cm³/mol. The van der Waals surface area contributed by atoms with E-state index in [-0.39, 0.29) is 11.5 Å². The van der Waals surface area contributed by atoms with Gasteiger partial charge in [-0.3, -0.25) is 9.69 Å². The largest absolute Gasteiger partial charge is 0.381 e. The first-order valence-electron chi connectivity index (χ1n) is 9.94. The van der Waals surface area contributed by atoms with Crippen molar-refractivity contribution in [1.29, 1.82) is 0 Å². The van der Waals surface area contributed by atoms with E-state index in [9.17, 15) is 4.79 Å². The lowest BCUT2D eigenvalue weighted by molar-refractivity contribution is -0.0122. The van der Waals surface area contributed by atoms with Crippen LogP contribution in [0.5, 0.6) is 0 Å². The zero-order valence-corrected chi connectivity index (χ0v) is 15.4. The maximum absolute atomic E-state index is 12.4. The third kappa shape index (κ3) is 2.68. The van der Waals surface area contributed by atoms with E-state index < -0.39 is 0 Å². The summed E-state index contributed by atoms with van der Waals surface area (Å²) in [5.41, 5.74) is 0.569. The Labute approximate surface area is 153 Å². The molecule has 0 saturated carbocycles. The Balaban J connectivity index is 1.25. The van der Waals surface area contributed by atoms with E-state index in [2.05, 4.69) is 20.2 Å². The number of hydrogen-bond acceptors (Lipinski definition) is 5. The molecule has 1 spiro atoms. The average molecular weight is 360 g/mol. The molecule has 0 radical (unpaired) electrons. The smallest absolute Gasteiger partial charge is 0.269 e. The quantitative estimate of drug-likeness (QED) is 0.841. The fourth-order valence-electron chi connectivity index (χ4n) is 5.67. The highest BCUT2D eigenvalue weighted by atomic mass is 16.5. The molecule has 0 unspecified atom stereocenters. The fourth-order valence-corrected chi connectivity index (χ4v) is 5.67. The molecule has 4 fully saturated rings. The van der Waals surface area contributed by atoms with E-state index >= 15 is 0 Å². The lowest BCUT2D eigenvalue weighted by Gasteiger charge is -2.32. The minimum Gasteiger partial charge on any atom is -0.381 e. The Morgan fingerprint density at radius 3 is 3.04 bits per heavy atom. The lowest BCUT2D eigenvalue weighted by Crippen LogP contribution is -2.42. The number of hydrogen-bond donors (Lipinski definition) is 2. The van der Waals surface area contributed by atoms with Gasteiger partial charge in [-0.15, -0.1) is 0 Å². The fraction of sp³-hybridized carbons (Fsp3) is 0.789. The van der Waals surface area contributed by atoms with Gasteiger partial charge in [-0.05, 0) is 32.6 Å². The van der Waals surface area contributed by atoms with Crippen LogP contribution in [0.2, 0.25) is 0 Å². The number of H-pyrrole nitrogens is 1. The highest BCUT2D eigenvalue weighted by molar-refractivity contribution is 5.92. The molecule has 1 aromatic heterocycles. The highest BCUT2D eigenvalue weighted by Crippen LogP contribution is 2.55. The molecule has 7 nitrogen and oxygen atoms in total. The predicted octanol–water partition coefficient (Wildman–Crippen LogP) is 1.11. The highest BCUT2D eigenvalue weighted by Gasteiger charge is 2.63. The van der Waals surface area contributed by atoms with E-state index in [4.69, 9.17) is 9.47 Å². The Hall–Kier alpha value is -1.44. The SMILES string of the molecule is Cc1ncc(C(=O)NC[C@H]2[C@H]3CN(C4CCOCC4)C[C@]34CC[C@H]2O4)[nH]1. The van der Waals surface area contributed by atoms with Crippen molar-refractivity contribution in [3.63, 3.8) is 0 Å². The minimum atomic E-state index is -0.0679. The second-order valence-corrected chi connectivity index (χ2v) is 8.40. The lowest BCUT2D eigenvalue weighted by atomic mass is 9.73. The second kappa shape index (κ2) is 6.32. The number of amides is 1. The molecule has 4 saturated heterocycles. The van der Waals surface area contributed by atoms with E-state index in [1.807, 2.05) is 6.92 Å². The van der Waals surface area contributed by atoms with Crippen molar-refractivity contribution in [2.75, 3.05) is 32.8 Å². The maximum atomic E-state index is 12.4. The topological polar surface area (TPSA) is 79.5 Å². The molecule has 142 valence electrons. The van der Waals surface area contributed by atoms with Crippen molar-refractivity contribution in [2.24, 2.45) is 11.8 Å². The minimum absolute atomic E-state index is 0.0307. The summed E-state index contributed by atoms with van der Waals surface area (Å²) in [6, 6.07) is 0.634. The van der Waals surface area contributed by atoms with Crippen LogP contribution in [0.3, 0.4) is 0 Å². The first-order valence-corrected chi connectivity index (χ1v) is 9.94. The Bertz CT molecular complexity index is 686.